The molecule has 2 nitrogen and oxygen atoms in total. The van der Waals surface area contributed by atoms with Crippen molar-refractivity contribution in [3.63, 3.8) is 0 Å². The number of nitrogens with zero attached hydrogens (tertiary/aromatic N) is 1. The minimum absolute atomic E-state index is 0.374. The molecule has 0 aliphatic carbocycles. The van der Waals surface area contributed by atoms with E-state index in [-0.39, 0.29) is 0 Å². The molecule has 0 rings (SSSR count). The highest BCUT2D eigenvalue weighted by Crippen LogP contribution is 2.14. The monoisotopic (exact) mass is 215 g/mol. The van der Waals surface area contributed by atoms with Crippen molar-refractivity contribution in [2.24, 2.45) is 5.92 Å². The van der Waals surface area contributed by atoms with Crippen LogP contribution in [-0.4, -0.2) is 36.2 Å². The molecule has 0 amide bonds. The summed E-state index contributed by atoms with van der Waals surface area (Å²) >= 11 is 0. The van der Waals surface area contributed by atoms with Gasteiger partial charge in [-0.3, -0.25) is 0 Å². The Bertz CT molecular complexity index is 124. The van der Waals surface area contributed by atoms with Crippen molar-refractivity contribution in [1.29, 1.82) is 0 Å². The van der Waals surface area contributed by atoms with Crippen molar-refractivity contribution in [2.75, 3.05) is 26.2 Å². The zero-order valence-corrected chi connectivity index (χ0v) is 10.8. The molecule has 0 aromatic carbocycles. The van der Waals surface area contributed by atoms with E-state index < -0.39 is 0 Å². The summed E-state index contributed by atoms with van der Waals surface area (Å²) in [5, 5.41) is 9.15. The molecule has 0 heterocycles. The maximum Gasteiger partial charge on any atom is 0.0459 e. The van der Waals surface area contributed by atoms with Crippen LogP contribution in [-0.2, 0) is 0 Å². The van der Waals surface area contributed by atoms with Crippen molar-refractivity contribution in [1.82, 2.24) is 4.90 Å². The van der Waals surface area contributed by atoms with E-state index in [0.717, 1.165) is 13.1 Å². The molecule has 1 atom stereocenters. The Kier molecular flexibility index (Phi) is 10.4. The van der Waals surface area contributed by atoms with E-state index in [9.17, 15) is 0 Å². The van der Waals surface area contributed by atoms with Gasteiger partial charge >= 0.3 is 0 Å². The second kappa shape index (κ2) is 10.4. The highest BCUT2D eigenvalue weighted by molar-refractivity contribution is 4.59. The van der Waals surface area contributed by atoms with Crippen LogP contribution < -0.4 is 0 Å². The van der Waals surface area contributed by atoms with Gasteiger partial charge in [0.1, 0.15) is 0 Å². The third-order valence-corrected chi connectivity index (χ3v) is 3.19. The minimum atomic E-state index is 0.374. The summed E-state index contributed by atoms with van der Waals surface area (Å²) in [5.74, 6) is 0.548. The minimum Gasteiger partial charge on any atom is -0.396 e. The largest absolute Gasteiger partial charge is 0.396 e. The number of unbranched alkanes of at least 4 members (excludes halogenated alkanes) is 1. The fourth-order valence-electron chi connectivity index (χ4n) is 2.04. The Balaban J connectivity index is 3.42. The maximum atomic E-state index is 9.15. The van der Waals surface area contributed by atoms with Gasteiger partial charge in [-0.05, 0) is 44.8 Å². The number of rotatable bonds is 10. The van der Waals surface area contributed by atoms with E-state index in [1.807, 2.05) is 0 Å². The third kappa shape index (κ3) is 7.80. The molecule has 0 aromatic heterocycles. The first kappa shape index (κ1) is 14.9. The molecule has 0 aliphatic rings. The van der Waals surface area contributed by atoms with Gasteiger partial charge in [0.05, 0.1) is 0 Å². The Morgan fingerprint density at radius 3 is 2.13 bits per heavy atom. The van der Waals surface area contributed by atoms with Crippen LogP contribution in [0.15, 0.2) is 0 Å². The number of aliphatic hydroxyl groups is 1. The van der Waals surface area contributed by atoms with Gasteiger partial charge in [-0.15, -0.1) is 0 Å². The van der Waals surface area contributed by atoms with Crippen molar-refractivity contribution in [3.8, 4) is 0 Å². The first-order valence-corrected chi connectivity index (χ1v) is 6.61. The summed E-state index contributed by atoms with van der Waals surface area (Å²) in [4.78, 5) is 2.47. The molecular weight excluding hydrogens is 186 g/mol. The Morgan fingerprint density at radius 2 is 1.67 bits per heavy atom. The molecule has 0 aromatic rings. The van der Waals surface area contributed by atoms with Crippen LogP contribution in [0.3, 0.4) is 0 Å². The predicted octanol–water partition coefficient (Wildman–Crippen LogP) is 2.91. The summed E-state index contributed by atoms with van der Waals surface area (Å²) in [6, 6.07) is 0. The van der Waals surface area contributed by atoms with E-state index in [1.165, 1.54) is 38.6 Å². The normalized spacial score (nSPS) is 13.4. The fraction of sp³-hybridized carbons (Fsp3) is 1.00. The van der Waals surface area contributed by atoms with Gasteiger partial charge in [-0.25, -0.2) is 0 Å². The highest BCUT2D eigenvalue weighted by atomic mass is 16.3. The SMILES string of the molecule is CCCC(CO)CCCCN(CC)CC. The first-order valence-electron chi connectivity index (χ1n) is 6.61. The van der Waals surface area contributed by atoms with E-state index >= 15 is 0 Å². The van der Waals surface area contributed by atoms with E-state index in [0.29, 0.717) is 12.5 Å². The van der Waals surface area contributed by atoms with Crippen LogP contribution in [0.2, 0.25) is 0 Å². The highest BCUT2D eigenvalue weighted by Gasteiger charge is 2.06. The molecule has 0 aliphatic heterocycles. The van der Waals surface area contributed by atoms with Gasteiger partial charge in [0, 0.05) is 6.61 Å². The van der Waals surface area contributed by atoms with Gasteiger partial charge in [0.2, 0.25) is 0 Å². The van der Waals surface area contributed by atoms with Crippen molar-refractivity contribution < 1.29 is 5.11 Å². The van der Waals surface area contributed by atoms with Gasteiger partial charge in [0.25, 0.3) is 0 Å². The molecule has 0 bridgehead atoms. The molecule has 92 valence electrons. The number of hydrogen-bond donors (Lipinski definition) is 1. The Labute approximate surface area is 95.7 Å². The molecule has 2 heteroatoms. The van der Waals surface area contributed by atoms with Crippen molar-refractivity contribution in [2.45, 2.75) is 52.9 Å². The lowest BCUT2D eigenvalue weighted by Gasteiger charge is -2.18. The van der Waals surface area contributed by atoms with Gasteiger partial charge < -0.3 is 10.0 Å². The first-order chi connectivity index (χ1) is 7.28. The summed E-state index contributed by atoms with van der Waals surface area (Å²) in [7, 11) is 0. The van der Waals surface area contributed by atoms with E-state index in [4.69, 9.17) is 5.11 Å². The quantitative estimate of drug-likeness (QED) is 0.566. The van der Waals surface area contributed by atoms with Crippen LogP contribution in [0, 0.1) is 5.92 Å². The lowest BCUT2D eigenvalue weighted by Crippen LogP contribution is -2.24. The van der Waals surface area contributed by atoms with Crippen molar-refractivity contribution >= 4 is 0 Å². The zero-order valence-electron chi connectivity index (χ0n) is 10.8. The van der Waals surface area contributed by atoms with Gasteiger partial charge in [0.15, 0.2) is 0 Å². The van der Waals surface area contributed by atoms with Gasteiger partial charge in [-0.2, -0.15) is 0 Å². The third-order valence-electron chi connectivity index (χ3n) is 3.19. The van der Waals surface area contributed by atoms with Crippen LogP contribution in [0.4, 0.5) is 0 Å². The molecule has 15 heavy (non-hydrogen) atoms. The van der Waals surface area contributed by atoms with Crippen molar-refractivity contribution in [3.05, 3.63) is 0 Å². The second-order valence-corrected chi connectivity index (χ2v) is 4.36. The molecule has 0 saturated heterocycles. The second-order valence-electron chi connectivity index (χ2n) is 4.36. The van der Waals surface area contributed by atoms with Crippen LogP contribution >= 0.6 is 0 Å². The molecular formula is C13H29NO. The lowest BCUT2D eigenvalue weighted by atomic mass is 9.98. The Morgan fingerprint density at radius 1 is 1.00 bits per heavy atom. The summed E-state index contributed by atoms with van der Waals surface area (Å²) in [5.41, 5.74) is 0. The van der Waals surface area contributed by atoms with E-state index in [1.54, 1.807) is 0 Å². The molecule has 0 saturated carbocycles. The number of aliphatic hydroxyl groups excluding tert-OH is 1. The fourth-order valence-corrected chi connectivity index (χ4v) is 2.04. The zero-order chi connectivity index (χ0) is 11.5. The van der Waals surface area contributed by atoms with Crippen LogP contribution in [0.5, 0.6) is 0 Å². The molecule has 0 fully saturated rings. The summed E-state index contributed by atoms with van der Waals surface area (Å²) in [6.07, 6.45) is 6.12. The molecule has 1 N–H and O–H groups in total. The van der Waals surface area contributed by atoms with Gasteiger partial charge in [-0.1, -0.05) is 33.6 Å². The van der Waals surface area contributed by atoms with E-state index in [2.05, 4.69) is 25.7 Å². The lowest BCUT2D eigenvalue weighted by molar-refractivity contribution is 0.203. The molecule has 0 spiro atoms. The molecule has 0 radical (unpaired) electrons. The van der Waals surface area contributed by atoms with Crippen LogP contribution in [0.1, 0.15) is 52.9 Å². The average Bonchev–Trinajstić information content (AvgIpc) is 2.28. The maximum absolute atomic E-state index is 9.15. The topological polar surface area (TPSA) is 23.5 Å². The Hall–Kier alpha value is -0.0800. The average molecular weight is 215 g/mol. The predicted molar refractivity (Wildman–Crippen MR) is 67.1 cm³/mol. The standard InChI is InChI=1S/C13H29NO/c1-4-9-13(12-15)10-7-8-11-14(5-2)6-3/h13,15H,4-12H2,1-3H3. The van der Waals surface area contributed by atoms with Crippen LogP contribution in [0.25, 0.3) is 0 Å². The number of hydrogen-bond acceptors (Lipinski definition) is 2. The molecule has 1 unspecified atom stereocenters. The summed E-state index contributed by atoms with van der Waals surface area (Å²) < 4.78 is 0. The summed E-state index contributed by atoms with van der Waals surface area (Å²) in [6.45, 7) is 10.5. The smallest absolute Gasteiger partial charge is 0.0459 e.